The van der Waals surface area contributed by atoms with E-state index in [-0.39, 0.29) is 35.2 Å². The molecule has 2 aliphatic carbocycles. The van der Waals surface area contributed by atoms with Gasteiger partial charge >= 0.3 is 0 Å². The minimum atomic E-state index is -0.725. The third-order valence-corrected chi connectivity index (χ3v) is 7.77. The SMILES string of the molecule is CN1CCC[C@H]1COc1cc(Oc2cccnc2)nc(C(=O)C2=C(N)[C@]3(CCCCC3=O)CCC2)n1. The van der Waals surface area contributed by atoms with E-state index in [1.54, 1.807) is 30.6 Å². The predicted octanol–water partition coefficient (Wildman–Crippen LogP) is 3.85. The first-order chi connectivity index (χ1) is 17.5. The number of carbonyl (C=O) groups is 2. The number of Topliss-reactive ketones (excluding diaryl/α,β-unsaturated/α-hetero) is 2. The molecule has 0 aromatic carbocycles. The van der Waals surface area contributed by atoms with Gasteiger partial charge in [0.25, 0.3) is 0 Å². The van der Waals surface area contributed by atoms with Crippen LogP contribution in [-0.2, 0) is 4.79 Å². The second-order valence-electron chi connectivity index (χ2n) is 10.0. The molecule has 2 N–H and O–H groups in total. The van der Waals surface area contributed by atoms with E-state index in [9.17, 15) is 9.59 Å². The van der Waals surface area contributed by atoms with Gasteiger partial charge in [-0.1, -0.05) is 6.42 Å². The summed E-state index contributed by atoms with van der Waals surface area (Å²) < 4.78 is 11.9. The fraction of sp³-hybridized carbons (Fsp3) is 0.519. The Bertz CT molecular complexity index is 1170. The molecule has 5 rings (SSSR count). The smallest absolute Gasteiger partial charge is 0.228 e. The average molecular weight is 492 g/mol. The van der Waals surface area contributed by atoms with Crippen LogP contribution >= 0.6 is 0 Å². The molecule has 1 saturated heterocycles. The molecule has 190 valence electrons. The van der Waals surface area contributed by atoms with E-state index in [0.717, 1.165) is 38.6 Å². The predicted molar refractivity (Wildman–Crippen MR) is 133 cm³/mol. The number of allylic oxidation sites excluding steroid dienone is 2. The quantitative estimate of drug-likeness (QED) is 0.576. The summed E-state index contributed by atoms with van der Waals surface area (Å²) in [6.07, 6.45) is 10.3. The second-order valence-corrected chi connectivity index (χ2v) is 10.0. The van der Waals surface area contributed by atoms with Gasteiger partial charge in [-0.2, -0.15) is 9.97 Å². The van der Waals surface area contributed by atoms with E-state index in [1.165, 1.54) is 0 Å². The summed E-state index contributed by atoms with van der Waals surface area (Å²) in [5.41, 5.74) is 6.70. The van der Waals surface area contributed by atoms with Crippen LogP contribution in [0.5, 0.6) is 17.5 Å². The highest BCUT2D eigenvalue weighted by molar-refractivity contribution is 6.08. The lowest BCUT2D eigenvalue weighted by Crippen LogP contribution is -2.42. The lowest BCUT2D eigenvalue weighted by atomic mass is 9.64. The van der Waals surface area contributed by atoms with Crippen LogP contribution in [0, 0.1) is 5.41 Å². The summed E-state index contributed by atoms with van der Waals surface area (Å²) >= 11 is 0. The Balaban J connectivity index is 1.46. The number of carbonyl (C=O) groups excluding carboxylic acids is 2. The number of likely N-dealkylation sites (N-methyl/N-ethyl adjacent to an activating group) is 1. The average Bonchev–Trinajstić information content (AvgIpc) is 3.30. The largest absolute Gasteiger partial charge is 0.476 e. The molecule has 3 heterocycles. The molecular formula is C27H33N5O4. The fourth-order valence-corrected chi connectivity index (χ4v) is 5.67. The number of hydrogen-bond donors (Lipinski definition) is 1. The number of likely N-dealkylation sites (tertiary alicyclic amines) is 1. The van der Waals surface area contributed by atoms with Crippen molar-refractivity contribution in [2.75, 3.05) is 20.2 Å². The molecule has 2 aromatic heterocycles. The fourth-order valence-electron chi connectivity index (χ4n) is 5.67. The van der Waals surface area contributed by atoms with E-state index in [2.05, 4.69) is 26.9 Å². The summed E-state index contributed by atoms with van der Waals surface area (Å²) in [5, 5.41) is 0. The summed E-state index contributed by atoms with van der Waals surface area (Å²) in [7, 11) is 2.08. The summed E-state index contributed by atoms with van der Waals surface area (Å²) in [5.74, 6) is 0.684. The van der Waals surface area contributed by atoms with Crippen molar-refractivity contribution in [3.8, 4) is 17.5 Å². The summed E-state index contributed by atoms with van der Waals surface area (Å²) in [6.45, 7) is 1.49. The number of aromatic nitrogens is 3. The molecular weight excluding hydrogens is 458 g/mol. The molecule has 0 bridgehead atoms. The zero-order chi connectivity index (χ0) is 25.1. The van der Waals surface area contributed by atoms with Crippen molar-refractivity contribution in [3.63, 3.8) is 0 Å². The van der Waals surface area contributed by atoms with Gasteiger partial charge in [0.1, 0.15) is 18.1 Å². The highest BCUT2D eigenvalue weighted by atomic mass is 16.5. The maximum atomic E-state index is 13.7. The molecule has 9 heteroatoms. The first-order valence-electron chi connectivity index (χ1n) is 12.8. The normalized spacial score (nSPS) is 24.8. The van der Waals surface area contributed by atoms with Crippen LogP contribution in [0.25, 0.3) is 0 Å². The first kappa shape index (κ1) is 24.4. The Labute approximate surface area is 211 Å². The molecule has 2 aromatic rings. The van der Waals surface area contributed by atoms with Crippen LogP contribution in [0.4, 0.5) is 0 Å². The van der Waals surface area contributed by atoms with Crippen molar-refractivity contribution in [2.45, 2.75) is 63.8 Å². The Morgan fingerprint density at radius 3 is 2.75 bits per heavy atom. The van der Waals surface area contributed by atoms with Gasteiger partial charge in [0, 0.05) is 29.9 Å². The third kappa shape index (κ3) is 4.84. The molecule has 0 unspecified atom stereocenters. The number of ether oxygens (including phenoxy) is 2. The monoisotopic (exact) mass is 491 g/mol. The Morgan fingerprint density at radius 2 is 2.00 bits per heavy atom. The van der Waals surface area contributed by atoms with Crippen molar-refractivity contribution in [1.29, 1.82) is 0 Å². The van der Waals surface area contributed by atoms with Crippen molar-refractivity contribution in [1.82, 2.24) is 19.9 Å². The summed E-state index contributed by atoms with van der Waals surface area (Å²) in [4.78, 5) is 41.8. The van der Waals surface area contributed by atoms with Gasteiger partial charge in [-0.3, -0.25) is 14.6 Å². The maximum Gasteiger partial charge on any atom is 0.228 e. The number of pyridine rings is 1. The zero-order valence-corrected chi connectivity index (χ0v) is 20.7. The maximum absolute atomic E-state index is 13.7. The Kier molecular flexibility index (Phi) is 7.00. The van der Waals surface area contributed by atoms with Crippen LogP contribution in [0.2, 0.25) is 0 Å². The van der Waals surface area contributed by atoms with Gasteiger partial charge in [-0.15, -0.1) is 0 Å². The lowest BCUT2D eigenvalue weighted by molar-refractivity contribution is -0.129. The van der Waals surface area contributed by atoms with Gasteiger partial charge in [-0.25, -0.2) is 0 Å². The van der Waals surface area contributed by atoms with Gasteiger partial charge in [0.15, 0.2) is 0 Å². The molecule has 3 aliphatic rings. The minimum absolute atomic E-state index is 0.0376. The van der Waals surface area contributed by atoms with Crippen LogP contribution < -0.4 is 15.2 Å². The van der Waals surface area contributed by atoms with Crippen LogP contribution in [0.3, 0.4) is 0 Å². The molecule has 1 aliphatic heterocycles. The number of ketones is 2. The van der Waals surface area contributed by atoms with E-state index in [4.69, 9.17) is 15.2 Å². The van der Waals surface area contributed by atoms with Crippen LogP contribution in [-0.4, -0.2) is 57.7 Å². The van der Waals surface area contributed by atoms with Crippen molar-refractivity contribution < 1.29 is 19.1 Å². The van der Waals surface area contributed by atoms with Crippen LogP contribution in [0.1, 0.15) is 68.4 Å². The molecule has 2 atom stereocenters. The number of rotatable bonds is 7. The number of hydrogen-bond acceptors (Lipinski definition) is 9. The van der Waals surface area contributed by atoms with Crippen LogP contribution in [0.15, 0.2) is 41.9 Å². The molecule has 36 heavy (non-hydrogen) atoms. The number of nitrogens with two attached hydrogens (primary N) is 1. The van der Waals surface area contributed by atoms with Crippen molar-refractivity contribution in [3.05, 3.63) is 47.7 Å². The van der Waals surface area contributed by atoms with E-state index in [0.29, 0.717) is 49.3 Å². The lowest BCUT2D eigenvalue weighted by Gasteiger charge is -2.40. The van der Waals surface area contributed by atoms with Crippen molar-refractivity contribution >= 4 is 11.6 Å². The van der Waals surface area contributed by atoms with E-state index >= 15 is 0 Å². The molecule has 0 radical (unpaired) electrons. The zero-order valence-electron chi connectivity index (χ0n) is 20.7. The first-order valence-corrected chi connectivity index (χ1v) is 12.8. The third-order valence-electron chi connectivity index (χ3n) is 7.77. The van der Waals surface area contributed by atoms with Gasteiger partial charge in [0.05, 0.1) is 17.7 Å². The minimum Gasteiger partial charge on any atom is -0.476 e. The molecule has 0 amide bonds. The van der Waals surface area contributed by atoms with E-state index in [1.807, 2.05) is 0 Å². The molecule has 1 saturated carbocycles. The van der Waals surface area contributed by atoms with E-state index < -0.39 is 5.41 Å². The standard InChI is InChI=1S/C27H33N5O4/c1-32-14-6-7-18(32)17-35-22-15-23(36-19-8-5-13-29-16-19)31-26(30-22)24(34)20-9-4-12-27(25(20)28)11-3-2-10-21(27)33/h5,8,13,15-16,18H,2-4,6-7,9-12,14,17,28H2,1H3/t18-,27+/m0/s1. The molecule has 2 fully saturated rings. The van der Waals surface area contributed by atoms with Gasteiger partial charge in [0.2, 0.25) is 23.4 Å². The topological polar surface area (TPSA) is 121 Å². The molecule has 9 nitrogen and oxygen atoms in total. The Morgan fingerprint density at radius 1 is 1.17 bits per heavy atom. The number of nitrogens with zero attached hydrogens (tertiary/aromatic N) is 4. The Hall–Kier alpha value is -3.33. The molecule has 1 spiro atoms. The van der Waals surface area contributed by atoms with Gasteiger partial charge in [-0.05, 0) is 70.7 Å². The second kappa shape index (κ2) is 10.3. The highest BCUT2D eigenvalue weighted by Gasteiger charge is 2.46. The van der Waals surface area contributed by atoms with Crippen molar-refractivity contribution in [2.24, 2.45) is 11.1 Å². The highest BCUT2D eigenvalue weighted by Crippen LogP contribution is 2.47. The van der Waals surface area contributed by atoms with Gasteiger partial charge < -0.3 is 20.1 Å². The summed E-state index contributed by atoms with van der Waals surface area (Å²) in [6, 6.07) is 5.38.